The molecule has 2 fully saturated rings. The maximum atomic E-state index is 11.7. The van der Waals surface area contributed by atoms with E-state index >= 15 is 0 Å². The molecule has 1 aliphatic heterocycles. The van der Waals surface area contributed by atoms with E-state index in [0.717, 1.165) is 44.9 Å². The van der Waals surface area contributed by atoms with E-state index in [1.54, 1.807) is 0 Å². The second-order valence-corrected chi connectivity index (χ2v) is 7.48. The van der Waals surface area contributed by atoms with Gasteiger partial charge in [0, 0.05) is 50.7 Å². The van der Waals surface area contributed by atoms with Gasteiger partial charge in [-0.15, -0.1) is 0 Å². The summed E-state index contributed by atoms with van der Waals surface area (Å²) in [6, 6.07) is 1.47. The molecule has 2 rings (SSSR count). The molecule has 6 nitrogen and oxygen atoms in total. The molecule has 2 unspecified atom stereocenters. The lowest BCUT2D eigenvalue weighted by Crippen LogP contribution is -2.46. The number of likely N-dealkylation sites (tertiary alicyclic amines) is 1. The molecule has 1 aliphatic carbocycles. The summed E-state index contributed by atoms with van der Waals surface area (Å²) in [5.41, 5.74) is 0. The number of guanidine groups is 1. The highest BCUT2D eigenvalue weighted by molar-refractivity contribution is 5.80. The van der Waals surface area contributed by atoms with Crippen molar-refractivity contribution in [3.05, 3.63) is 0 Å². The van der Waals surface area contributed by atoms with Crippen molar-refractivity contribution in [2.24, 2.45) is 10.9 Å². The second kappa shape index (κ2) is 9.25. The summed E-state index contributed by atoms with van der Waals surface area (Å²) in [4.78, 5) is 18.8. The van der Waals surface area contributed by atoms with Gasteiger partial charge in [0.2, 0.25) is 5.91 Å². The fourth-order valence-electron chi connectivity index (χ4n) is 3.07. The van der Waals surface area contributed by atoms with E-state index in [1.807, 2.05) is 0 Å². The summed E-state index contributed by atoms with van der Waals surface area (Å²) >= 11 is 0. The maximum absolute atomic E-state index is 11.7. The van der Waals surface area contributed by atoms with Crippen LogP contribution in [0.1, 0.15) is 53.4 Å². The second-order valence-electron chi connectivity index (χ2n) is 7.48. The van der Waals surface area contributed by atoms with Crippen molar-refractivity contribution in [3.8, 4) is 0 Å². The minimum atomic E-state index is 0.169. The van der Waals surface area contributed by atoms with Crippen LogP contribution in [0.2, 0.25) is 0 Å². The average molecular weight is 338 g/mol. The van der Waals surface area contributed by atoms with Crippen LogP contribution < -0.4 is 16.0 Å². The molecule has 0 bridgehead atoms. The highest BCUT2D eigenvalue weighted by Gasteiger charge is 2.31. The zero-order valence-electron chi connectivity index (χ0n) is 15.8. The minimum absolute atomic E-state index is 0.169. The number of carbonyl (C=O) groups is 1. The van der Waals surface area contributed by atoms with Crippen molar-refractivity contribution in [2.75, 3.05) is 26.2 Å². The van der Waals surface area contributed by atoms with Crippen molar-refractivity contribution >= 4 is 11.9 Å². The Hall–Kier alpha value is -1.30. The first-order valence-corrected chi connectivity index (χ1v) is 9.57. The van der Waals surface area contributed by atoms with Gasteiger partial charge in [-0.25, -0.2) is 0 Å². The number of hydrogen-bond donors (Lipinski definition) is 3. The van der Waals surface area contributed by atoms with E-state index in [2.05, 4.69) is 53.5 Å². The molecule has 2 atom stereocenters. The number of amides is 1. The van der Waals surface area contributed by atoms with Crippen LogP contribution in [0.3, 0.4) is 0 Å². The van der Waals surface area contributed by atoms with Crippen LogP contribution in [-0.2, 0) is 4.79 Å². The number of nitrogens with one attached hydrogen (secondary N) is 3. The molecule has 1 heterocycles. The van der Waals surface area contributed by atoms with Gasteiger partial charge >= 0.3 is 0 Å². The SMILES string of the molecule is CCNC(=NCCCC(=O)NC1CC1)NC1CN(C(C)C)CC1C. The number of carbonyl (C=O) groups excluding carboxylic acids is 1. The van der Waals surface area contributed by atoms with Crippen LogP contribution in [-0.4, -0.2) is 61.1 Å². The summed E-state index contributed by atoms with van der Waals surface area (Å²) in [5, 5.41) is 9.93. The first-order chi connectivity index (χ1) is 11.5. The quantitative estimate of drug-likeness (QED) is 0.355. The predicted molar refractivity (Wildman–Crippen MR) is 99.2 cm³/mol. The van der Waals surface area contributed by atoms with Gasteiger partial charge in [-0.2, -0.15) is 0 Å². The van der Waals surface area contributed by atoms with E-state index in [9.17, 15) is 4.79 Å². The lowest BCUT2D eigenvalue weighted by atomic mass is 10.1. The molecule has 0 spiro atoms. The highest BCUT2D eigenvalue weighted by Crippen LogP contribution is 2.19. The molecule has 0 aromatic rings. The van der Waals surface area contributed by atoms with Crippen molar-refractivity contribution in [2.45, 2.75) is 71.5 Å². The molecule has 1 amide bonds. The molecular formula is C18H35N5O. The molecule has 6 heteroatoms. The highest BCUT2D eigenvalue weighted by atomic mass is 16.1. The normalized spacial score (nSPS) is 25.1. The first kappa shape index (κ1) is 19.0. The Balaban J connectivity index is 1.74. The van der Waals surface area contributed by atoms with E-state index in [1.165, 1.54) is 0 Å². The Bertz CT molecular complexity index is 433. The lowest BCUT2D eigenvalue weighted by Gasteiger charge is -2.21. The molecule has 138 valence electrons. The Morgan fingerprint density at radius 2 is 2.00 bits per heavy atom. The molecule has 0 radical (unpaired) electrons. The smallest absolute Gasteiger partial charge is 0.220 e. The Labute approximate surface area is 146 Å². The van der Waals surface area contributed by atoms with Gasteiger partial charge in [-0.1, -0.05) is 6.92 Å². The number of hydrogen-bond acceptors (Lipinski definition) is 3. The van der Waals surface area contributed by atoms with Gasteiger partial charge in [0.25, 0.3) is 0 Å². The van der Waals surface area contributed by atoms with Gasteiger partial charge in [0.1, 0.15) is 0 Å². The maximum Gasteiger partial charge on any atom is 0.220 e. The summed E-state index contributed by atoms with van der Waals surface area (Å²) < 4.78 is 0. The zero-order valence-corrected chi connectivity index (χ0v) is 15.8. The number of aliphatic imine (C=N–C) groups is 1. The number of nitrogens with zero attached hydrogens (tertiary/aromatic N) is 2. The predicted octanol–water partition coefficient (Wildman–Crippen LogP) is 1.33. The molecule has 0 aromatic heterocycles. The summed E-state index contributed by atoms with van der Waals surface area (Å²) in [5.74, 6) is 1.66. The minimum Gasteiger partial charge on any atom is -0.357 e. The van der Waals surface area contributed by atoms with Crippen LogP contribution in [0.5, 0.6) is 0 Å². The zero-order chi connectivity index (χ0) is 17.5. The van der Waals surface area contributed by atoms with E-state index in [4.69, 9.17) is 0 Å². The molecule has 1 saturated carbocycles. The third-order valence-corrected chi connectivity index (χ3v) is 4.81. The molecule has 1 saturated heterocycles. The topological polar surface area (TPSA) is 68.8 Å². The summed E-state index contributed by atoms with van der Waals surface area (Å²) in [6.07, 6.45) is 3.66. The monoisotopic (exact) mass is 337 g/mol. The third kappa shape index (κ3) is 6.30. The van der Waals surface area contributed by atoms with Crippen molar-refractivity contribution in [1.29, 1.82) is 0 Å². The van der Waals surface area contributed by atoms with Crippen LogP contribution in [0.15, 0.2) is 4.99 Å². The van der Waals surface area contributed by atoms with E-state index < -0.39 is 0 Å². The molecule has 24 heavy (non-hydrogen) atoms. The van der Waals surface area contributed by atoms with Crippen LogP contribution in [0.4, 0.5) is 0 Å². The van der Waals surface area contributed by atoms with Gasteiger partial charge in [0.15, 0.2) is 5.96 Å². The first-order valence-electron chi connectivity index (χ1n) is 9.57. The largest absolute Gasteiger partial charge is 0.357 e. The molecule has 2 aliphatic rings. The standard InChI is InChI=1S/C18H35N5O/c1-5-19-18(20-10-6-7-17(24)21-15-8-9-15)22-16-12-23(13(2)3)11-14(16)4/h13-16H,5-12H2,1-4H3,(H,21,24)(H2,19,20,22). The summed E-state index contributed by atoms with van der Waals surface area (Å²) in [6.45, 7) is 12.6. The fourth-order valence-corrected chi connectivity index (χ4v) is 3.07. The Morgan fingerprint density at radius 1 is 1.25 bits per heavy atom. The van der Waals surface area contributed by atoms with Gasteiger partial charge < -0.3 is 16.0 Å². The van der Waals surface area contributed by atoms with Gasteiger partial charge in [0.05, 0.1) is 0 Å². The average Bonchev–Trinajstić information content (AvgIpc) is 3.26. The Morgan fingerprint density at radius 3 is 2.58 bits per heavy atom. The van der Waals surface area contributed by atoms with Crippen molar-refractivity contribution in [1.82, 2.24) is 20.9 Å². The molecular weight excluding hydrogens is 302 g/mol. The third-order valence-electron chi connectivity index (χ3n) is 4.81. The van der Waals surface area contributed by atoms with Gasteiger partial charge in [-0.05, 0) is 46.0 Å². The molecule has 0 aromatic carbocycles. The Kier molecular flexibility index (Phi) is 7.34. The van der Waals surface area contributed by atoms with Crippen molar-refractivity contribution < 1.29 is 4.79 Å². The van der Waals surface area contributed by atoms with E-state index in [-0.39, 0.29) is 5.91 Å². The lowest BCUT2D eigenvalue weighted by molar-refractivity contribution is -0.121. The fraction of sp³-hybridized carbons (Fsp3) is 0.889. The van der Waals surface area contributed by atoms with Crippen molar-refractivity contribution in [3.63, 3.8) is 0 Å². The van der Waals surface area contributed by atoms with E-state index in [0.29, 0.717) is 37.0 Å². The van der Waals surface area contributed by atoms with Crippen LogP contribution >= 0.6 is 0 Å². The van der Waals surface area contributed by atoms with Crippen LogP contribution in [0, 0.1) is 5.92 Å². The number of rotatable bonds is 8. The van der Waals surface area contributed by atoms with Crippen LogP contribution in [0.25, 0.3) is 0 Å². The molecule has 3 N–H and O–H groups in total. The van der Waals surface area contributed by atoms with Gasteiger partial charge in [-0.3, -0.25) is 14.7 Å². The summed E-state index contributed by atoms with van der Waals surface area (Å²) in [7, 11) is 0.